The molecule has 0 aliphatic rings. The van der Waals surface area contributed by atoms with Crippen molar-refractivity contribution in [2.75, 3.05) is 0 Å². The Hall–Kier alpha value is -2.81. The van der Waals surface area contributed by atoms with Gasteiger partial charge in [0, 0.05) is 6.20 Å². The number of hydrogen-bond donors (Lipinski definition) is 1. The highest BCUT2D eigenvalue weighted by Crippen LogP contribution is 2.29. The number of rotatable bonds is 2. The summed E-state index contributed by atoms with van der Waals surface area (Å²) in [6, 6.07) is 9.98. The molecule has 0 bridgehead atoms. The molecule has 2 rings (SSSR count). The minimum absolute atomic E-state index is 0.0818. The van der Waals surface area contributed by atoms with Crippen molar-refractivity contribution in [2.24, 2.45) is 0 Å². The van der Waals surface area contributed by atoms with Crippen LogP contribution in [-0.2, 0) is 6.18 Å². The molecule has 0 fully saturated rings. The van der Waals surface area contributed by atoms with Crippen molar-refractivity contribution >= 4 is 11.6 Å². The molecule has 0 aliphatic carbocycles. The second-order valence-electron chi connectivity index (χ2n) is 4.19. The molecule has 0 unspecified atom stereocenters. The number of halogens is 3. The van der Waals surface area contributed by atoms with Crippen LogP contribution in [-0.4, -0.2) is 10.1 Å². The number of alkyl halides is 3. The normalized spacial score (nSPS) is 12.0. The topological polar surface area (TPSA) is 56.9 Å². The van der Waals surface area contributed by atoms with E-state index in [2.05, 4.69) is 4.98 Å². The summed E-state index contributed by atoms with van der Waals surface area (Å²) in [6.45, 7) is 0. The van der Waals surface area contributed by atoms with Gasteiger partial charge in [0.25, 0.3) is 0 Å². The maximum atomic E-state index is 12.4. The molecule has 3 nitrogen and oxygen atoms in total. The van der Waals surface area contributed by atoms with Gasteiger partial charge in [0.2, 0.25) is 0 Å². The Morgan fingerprint density at radius 3 is 2.29 bits per heavy atom. The van der Waals surface area contributed by atoms with Gasteiger partial charge < -0.3 is 5.11 Å². The van der Waals surface area contributed by atoms with E-state index < -0.39 is 11.7 Å². The van der Waals surface area contributed by atoms with Gasteiger partial charge in [0.15, 0.2) is 0 Å². The van der Waals surface area contributed by atoms with E-state index in [-0.39, 0.29) is 17.0 Å². The van der Waals surface area contributed by atoms with Crippen molar-refractivity contribution in [1.29, 1.82) is 5.26 Å². The molecule has 1 aromatic heterocycles. The average Bonchev–Trinajstić information content (AvgIpc) is 2.46. The molecule has 0 amide bonds. The first-order valence-electron chi connectivity index (χ1n) is 5.84. The summed E-state index contributed by atoms with van der Waals surface area (Å²) in [7, 11) is 0. The number of benzene rings is 1. The highest BCUT2D eigenvalue weighted by molar-refractivity contribution is 5.88. The third kappa shape index (κ3) is 3.60. The number of phenolic OH excluding ortho intramolecular Hbond substituents is 1. The summed E-state index contributed by atoms with van der Waals surface area (Å²) in [5.41, 5.74) is 0.0483. The number of hydrogen-bond acceptors (Lipinski definition) is 3. The average molecular weight is 290 g/mol. The number of allylic oxidation sites excluding steroid dienone is 1. The van der Waals surface area contributed by atoms with Crippen molar-refractivity contribution in [3.63, 3.8) is 0 Å². The SMILES string of the molecule is N#C/C(=C/c1ccc(O)cc1)c1ccc(C(F)(F)F)cn1. The lowest BCUT2D eigenvalue weighted by atomic mass is 10.1. The van der Waals surface area contributed by atoms with Crippen molar-refractivity contribution in [1.82, 2.24) is 4.98 Å². The Bertz CT molecular complexity index is 696. The van der Waals surface area contributed by atoms with Gasteiger partial charge in [-0.3, -0.25) is 4.98 Å². The Labute approximate surface area is 118 Å². The molecule has 0 saturated heterocycles. The number of nitriles is 1. The van der Waals surface area contributed by atoms with Gasteiger partial charge in [-0.25, -0.2) is 0 Å². The molecule has 0 atom stereocenters. The first kappa shape index (κ1) is 14.6. The fraction of sp³-hybridized carbons (Fsp3) is 0.0667. The highest BCUT2D eigenvalue weighted by Gasteiger charge is 2.30. The summed E-state index contributed by atoms with van der Waals surface area (Å²) in [4.78, 5) is 3.67. The van der Waals surface area contributed by atoms with Gasteiger partial charge in [-0.05, 0) is 35.9 Å². The second-order valence-corrected chi connectivity index (χ2v) is 4.19. The zero-order valence-corrected chi connectivity index (χ0v) is 10.6. The largest absolute Gasteiger partial charge is 0.508 e. The quantitative estimate of drug-likeness (QED) is 0.854. The van der Waals surface area contributed by atoms with Crippen LogP contribution in [0, 0.1) is 11.3 Å². The lowest BCUT2D eigenvalue weighted by Gasteiger charge is -2.06. The highest BCUT2D eigenvalue weighted by atomic mass is 19.4. The molecule has 0 aliphatic heterocycles. The number of aromatic hydroxyl groups is 1. The lowest BCUT2D eigenvalue weighted by molar-refractivity contribution is -0.137. The van der Waals surface area contributed by atoms with Crippen molar-refractivity contribution in [3.05, 3.63) is 59.4 Å². The molecule has 6 heteroatoms. The zero-order chi connectivity index (χ0) is 15.5. The summed E-state index contributed by atoms with van der Waals surface area (Å²) >= 11 is 0. The van der Waals surface area contributed by atoms with E-state index in [1.165, 1.54) is 18.2 Å². The fourth-order valence-corrected chi connectivity index (χ4v) is 1.62. The van der Waals surface area contributed by atoms with Gasteiger partial charge in [0.1, 0.15) is 11.8 Å². The van der Waals surface area contributed by atoms with E-state index in [0.29, 0.717) is 11.8 Å². The first-order valence-corrected chi connectivity index (χ1v) is 5.84. The van der Waals surface area contributed by atoms with Crippen LogP contribution in [0.4, 0.5) is 13.2 Å². The molecule has 21 heavy (non-hydrogen) atoms. The maximum Gasteiger partial charge on any atom is 0.417 e. The summed E-state index contributed by atoms with van der Waals surface area (Å²) in [5.74, 6) is 0.0818. The van der Waals surface area contributed by atoms with E-state index in [1.54, 1.807) is 12.1 Å². The van der Waals surface area contributed by atoms with E-state index >= 15 is 0 Å². The molecule has 0 radical (unpaired) electrons. The van der Waals surface area contributed by atoms with Gasteiger partial charge in [-0.15, -0.1) is 0 Å². The summed E-state index contributed by atoms with van der Waals surface area (Å²) in [6.07, 6.45) is -2.29. The number of pyridine rings is 1. The van der Waals surface area contributed by atoms with Crippen LogP contribution in [0.1, 0.15) is 16.8 Å². The summed E-state index contributed by atoms with van der Waals surface area (Å²) < 4.78 is 37.3. The van der Waals surface area contributed by atoms with E-state index in [0.717, 1.165) is 12.1 Å². The Balaban J connectivity index is 2.34. The van der Waals surface area contributed by atoms with Gasteiger partial charge >= 0.3 is 6.18 Å². The number of aromatic nitrogens is 1. The van der Waals surface area contributed by atoms with Crippen LogP contribution < -0.4 is 0 Å². The minimum Gasteiger partial charge on any atom is -0.508 e. The third-order valence-corrected chi connectivity index (χ3v) is 2.69. The van der Waals surface area contributed by atoms with Crippen LogP contribution >= 0.6 is 0 Å². The van der Waals surface area contributed by atoms with Crippen LogP contribution in [0.15, 0.2) is 42.6 Å². The molecule has 0 saturated carbocycles. The Morgan fingerprint density at radius 2 is 1.81 bits per heavy atom. The molecule has 106 valence electrons. The van der Waals surface area contributed by atoms with Crippen LogP contribution in [0.3, 0.4) is 0 Å². The zero-order valence-electron chi connectivity index (χ0n) is 10.6. The van der Waals surface area contributed by atoms with Gasteiger partial charge in [0.05, 0.1) is 16.8 Å². The predicted octanol–water partition coefficient (Wildman–Crippen LogP) is 3.87. The number of nitrogens with zero attached hydrogens (tertiary/aromatic N) is 2. The van der Waals surface area contributed by atoms with Crippen LogP contribution in [0.2, 0.25) is 0 Å². The smallest absolute Gasteiger partial charge is 0.417 e. The van der Waals surface area contributed by atoms with Crippen molar-refractivity contribution < 1.29 is 18.3 Å². The first-order chi connectivity index (χ1) is 9.90. The monoisotopic (exact) mass is 290 g/mol. The van der Waals surface area contributed by atoms with Gasteiger partial charge in [-0.2, -0.15) is 18.4 Å². The molecule has 1 aromatic carbocycles. The van der Waals surface area contributed by atoms with E-state index in [1.807, 2.05) is 6.07 Å². The van der Waals surface area contributed by atoms with Crippen molar-refractivity contribution in [3.8, 4) is 11.8 Å². The minimum atomic E-state index is -4.46. The standard InChI is InChI=1S/C15H9F3N2O/c16-15(17,18)12-3-6-14(20-9-12)11(8-19)7-10-1-4-13(21)5-2-10/h1-7,9,21H/b11-7-. The molecular formula is C15H9F3N2O. The molecule has 1 N–H and O–H groups in total. The van der Waals surface area contributed by atoms with Crippen LogP contribution in [0.25, 0.3) is 11.6 Å². The number of phenols is 1. The molecule has 2 aromatic rings. The van der Waals surface area contributed by atoms with Crippen LogP contribution in [0.5, 0.6) is 5.75 Å². The third-order valence-electron chi connectivity index (χ3n) is 2.69. The van der Waals surface area contributed by atoms with E-state index in [4.69, 9.17) is 10.4 Å². The maximum absolute atomic E-state index is 12.4. The second kappa shape index (κ2) is 5.67. The molecular weight excluding hydrogens is 281 g/mol. The van der Waals surface area contributed by atoms with Crippen molar-refractivity contribution in [2.45, 2.75) is 6.18 Å². The molecule has 0 spiro atoms. The predicted molar refractivity (Wildman–Crippen MR) is 70.8 cm³/mol. The lowest BCUT2D eigenvalue weighted by Crippen LogP contribution is -2.05. The Kier molecular flexibility index (Phi) is 3.94. The van der Waals surface area contributed by atoms with E-state index in [9.17, 15) is 13.2 Å². The fourth-order valence-electron chi connectivity index (χ4n) is 1.62. The summed E-state index contributed by atoms with van der Waals surface area (Å²) in [5, 5.41) is 18.3. The van der Waals surface area contributed by atoms with Gasteiger partial charge in [-0.1, -0.05) is 12.1 Å². The Morgan fingerprint density at radius 1 is 1.14 bits per heavy atom. The molecule has 1 heterocycles.